The molecule has 0 bridgehead atoms. The Kier molecular flexibility index (Phi) is 8.07. The van der Waals surface area contributed by atoms with Crippen LogP contribution in [-0.2, 0) is 14.8 Å². The number of nitrogens with zero attached hydrogens (tertiary/aromatic N) is 1. The van der Waals surface area contributed by atoms with Crippen LogP contribution in [0.1, 0.15) is 49.9 Å². The second-order valence-electron chi connectivity index (χ2n) is 9.28. The van der Waals surface area contributed by atoms with Crippen LogP contribution >= 0.6 is 11.6 Å². The van der Waals surface area contributed by atoms with Gasteiger partial charge in [-0.2, -0.15) is 0 Å². The number of rotatable bonds is 7. The normalized spacial score (nSPS) is 19.0. The van der Waals surface area contributed by atoms with E-state index < -0.39 is 10.0 Å². The van der Waals surface area contributed by atoms with Crippen LogP contribution in [-0.4, -0.2) is 25.4 Å². The fraction of sp³-hybridized carbons (Fsp3) is 0.333. The maximum Gasteiger partial charge on any atom is 0.240 e. The van der Waals surface area contributed by atoms with Gasteiger partial charge in [-0.25, -0.2) is 17.5 Å². The Balaban J connectivity index is 1.34. The summed E-state index contributed by atoms with van der Waals surface area (Å²) in [6, 6.07) is 14.0. The number of hydrogen-bond acceptors (Lipinski definition) is 4. The van der Waals surface area contributed by atoms with Crippen molar-refractivity contribution in [2.45, 2.75) is 56.5 Å². The zero-order valence-corrected chi connectivity index (χ0v) is 21.7. The summed E-state index contributed by atoms with van der Waals surface area (Å²) in [7, 11) is -3.76. The second-order valence-corrected chi connectivity index (χ2v) is 11.4. The lowest BCUT2D eigenvalue weighted by Gasteiger charge is -2.29. The molecule has 0 spiro atoms. The molecule has 2 N–H and O–H groups in total. The van der Waals surface area contributed by atoms with E-state index in [1.807, 2.05) is 26.0 Å². The molecule has 1 aliphatic rings. The SMILES string of the molecule is Cc1cc(-c2ccc(S(=O)(=O)NC3CCC(C(=O)N[C@H](C)c4ccc(F)cc4)CC3)cc2Cl)ccn1. The molecule has 9 heteroatoms. The molecule has 1 aromatic heterocycles. The zero-order chi connectivity index (χ0) is 25.9. The highest BCUT2D eigenvalue weighted by atomic mass is 35.5. The number of aryl methyl sites for hydroxylation is 1. The Morgan fingerprint density at radius 3 is 2.39 bits per heavy atom. The molecule has 1 saturated carbocycles. The summed E-state index contributed by atoms with van der Waals surface area (Å²) in [4.78, 5) is 17.0. The van der Waals surface area contributed by atoms with E-state index in [0.717, 1.165) is 22.4 Å². The van der Waals surface area contributed by atoms with Crippen molar-refractivity contribution in [2.75, 3.05) is 0 Å². The number of nitrogens with one attached hydrogen (secondary N) is 2. The topological polar surface area (TPSA) is 88.2 Å². The standard InChI is InChI=1S/C27H29ClFN3O3S/c1-17-15-21(13-14-30-17)25-12-11-24(16-26(25)28)36(34,35)32-23-9-5-20(6-10-23)27(33)31-18(2)19-3-7-22(29)8-4-19/h3-4,7-8,11-16,18,20,23,32H,5-6,9-10H2,1-2H3,(H,31,33)/t18-,20?,23?/m1/s1. The van der Waals surface area contributed by atoms with Gasteiger partial charge in [-0.05, 0) is 87.1 Å². The maximum absolute atomic E-state index is 13.1. The van der Waals surface area contributed by atoms with Gasteiger partial charge in [0, 0.05) is 34.4 Å². The van der Waals surface area contributed by atoms with Crippen LogP contribution in [0.5, 0.6) is 0 Å². The third-order valence-electron chi connectivity index (χ3n) is 6.61. The van der Waals surface area contributed by atoms with Crippen LogP contribution in [0.3, 0.4) is 0 Å². The third-order valence-corrected chi connectivity index (χ3v) is 8.44. The number of amides is 1. The highest BCUT2D eigenvalue weighted by Crippen LogP contribution is 2.31. The Bertz CT molecular complexity index is 1340. The van der Waals surface area contributed by atoms with Crippen molar-refractivity contribution in [3.05, 3.63) is 82.9 Å². The molecule has 1 heterocycles. The summed E-state index contributed by atoms with van der Waals surface area (Å²) >= 11 is 6.44. The van der Waals surface area contributed by atoms with Gasteiger partial charge in [0.2, 0.25) is 15.9 Å². The highest BCUT2D eigenvalue weighted by molar-refractivity contribution is 7.89. The van der Waals surface area contributed by atoms with Gasteiger partial charge in [-0.1, -0.05) is 29.8 Å². The van der Waals surface area contributed by atoms with Crippen molar-refractivity contribution < 1.29 is 17.6 Å². The molecule has 6 nitrogen and oxygen atoms in total. The fourth-order valence-electron chi connectivity index (χ4n) is 4.54. The number of sulfonamides is 1. The van der Waals surface area contributed by atoms with Crippen LogP contribution < -0.4 is 10.0 Å². The number of carbonyl (C=O) groups is 1. The number of pyridine rings is 1. The van der Waals surface area contributed by atoms with Gasteiger partial charge >= 0.3 is 0 Å². The van der Waals surface area contributed by atoms with Crippen LogP contribution in [0.25, 0.3) is 11.1 Å². The molecule has 36 heavy (non-hydrogen) atoms. The van der Waals surface area contributed by atoms with Crippen LogP contribution in [0.2, 0.25) is 5.02 Å². The minimum Gasteiger partial charge on any atom is -0.349 e. The quantitative estimate of drug-likeness (QED) is 0.419. The lowest BCUT2D eigenvalue weighted by atomic mass is 9.85. The first-order chi connectivity index (χ1) is 17.1. The lowest BCUT2D eigenvalue weighted by molar-refractivity contribution is -0.126. The molecule has 1 fully saturated rings. The van der Waals surface area contributed by atoms with Gasteiger partial charge in [-0.3, -0.25) is 9.78 Å². The first-order valence-electron chi connectivity index (χ1n) is 11.9. The second kappa shape index (κ2) is 11.1. The number of halogens is 2. The summed E-state index contributed by atoms with van der Waals surface area (Å²) in [6.07, 6.45) is 3.97. The zero-order valence-electron chi connectivity index (χ0n) is 20.2. The van der Waals surface area contributed by atoms with Crippen molar-refractivity contribution >= 4 is 27.5 Å². The Morgan fingerprint density at radius 1 is 1.06 bits per heavy atom. The van der Waals surface area contributed by atoms with Crippen molar-refractivity contribution in [3.63, 3.8) is 0 Å². The largest absolute Gasteiger partial charge is 0.349 e. The van der Waals surface area contributed by atoms with E-state index in [-0.39, 0.29) is 34.6 Å². The van der Waals surface area contributed by atoms with Gasteiger partial charge < -0.3 is 5.32 Å². The number of hydrogen-bond donors (Lipinski definition) is 2. The number of benzene rings is 2. The Hall–Kier alpha value is -2.81. The van der Waals surface area contributed by atoms with Crippen LogP contribution in [0, 0.1) is 18.7 Å². The molecule has 1 amide bonds. The lowest BCUT2D eigenvalue weighted by Crippen LogP contribution is -2.41. The van der Waals surface area contributed by atoms with E-state index in [4.69, 9.17) is 11.6 Å². The molecular formula is C27H29ClFN3O3S. The Morgan fingerprint density at radius 2 is 1.75 bits per heavy atom. The maximum atomic E-state index is 13.1. The molecular weight excluding hydrogens is 501 g/mol. The summed E-state index contributed by atoms with van der Waals surface area (Å²) in [5.74, 6) is -0.576. The predicted octanol–water partition coefficient (Wildman–Crippen LogP) is 5.56. The molecule has 3 aromatic rings. The minimum absolute atomic E-state index is 0.0677. The monoisotopic (exact) mass is 529 g/mol. The molecule has 0 aliphatic heterocycles. The summed E-state index contributed by atoms with van der Waals surface area (Å²) in [6.45, 7) is 3.74. The van der Waals surface area contributed by atoms with Crippen molar-refractivity contribution in [1.82, 2.24) is 15.0 Å². The van der Waals surface area contributed by atoms with Gasteiger partial charge in [-0.15, -0.1) is 0 Å². The third kappa shape index (κ3) is 6.30. The minimum atomic E-state index is -3.76. The molecule has 1 aliphatic carbocycles. The van der Waals surface area contributed by atoms with Crippen LogP contribution in [0.4, 0.5) is 4.39 Å². The molecule has 0 saturated heterocycles. The van der Waals surface area contributed by atoms with Gasteiger partial charge in [0.05, 0.1) is 10.9 Å². The highest BCUT2D eigenvalue weighted by Gasteiger charge is 2.30. The summed E-state index contributed by atoms with van der Waals surface area (Å²) in [5.41, 5.74) is 3.28. The van der Waals surface area contributed by atoms with E-state index in [9.17, 15) is 17.6 Å². The van der Waals surface area contributed by atoms with Crippen molar-refractivity contribution in [2.24, 2.45) is 5.92 Å². The predicted molar refractivity (Wildman–Crippen MR) is 138 cm³/mol. The van der Waals surface area contributed by atoms with Crippen molar-refractivity contribution in [3.8, 4) is 11.1 Å². The van der Waals surface area contributed by atoms with E-state index >= 15 is 0 Å². The van der Waals surface area contributed by atoms with E-state index in [0.29, 0.717) is 30.7 Å². The molecule has 4 rings (SSSR count). The van der Waals surface area contributed by atoms with E-state index in [1.165, 1.54) is 18.2 Å². The van der Waals surface area contributed by atoms with Gasteiger partial charge in [0.15, 0.2) is 0 Å². The average Bonchev–Trinajstić information content (AvgIpc) is 2.84. The average molecular weight is 530 g/mol. The fourth-order valence-corrected chi connectivity index (χ4v) is 6.22. The van der Waals surface area contributed by atoms with Gasteiger partial charge in [0.1, 0.15) is 5.82 Å². The van der Waals surface area contributed by atoms with Crippen molar-refractivity contribution in [1.29, 1.82) is 0 Å². The molecule has 1 atom stereocenters. The van der Waals surface area contributed by atoms with Crippen LogP contribution in [0.15, 0.2) is 65.7 Å². The Labute approximate surface area is 216 Å². The van der Waals surface area contributed by atoms with Gasteiger partial charge in [0.25, 0.3) is 0 Å². The molecule has 190 valence electrons. The molecule has 0 radical (unpaired) electrons. The first kappa shape index (κ1) is 26.3. The first-order valence-corrected chi connectivity index (χ1v) is 13.8. The molecule has 0 unspecified atom stereocenters. The smallest absolute Gasteiger partial charge is 0.240 e. The summed E-state index contributed by atoms with van der Waals surface area (Å²) < 4.78 is 41.9. The van der Waals surface area contributed by atoms with E-state index in [2.05, 4.69) is 15.0 Å². The number of aromatic nitrogens is 1. The number of carbonyl (C=O) groups excluding carboxylic acids is 1. The van der Waals surface area contributed by atoms with E-state index in [1.54, 1.807) is 30.5 Å². The molecule has 2 aromatic carbocycles. The summed E-state index contributed by atoms with van der Waals surface area (Å²) in [5, 5.41) is 3.33.